The van der Waals surface area contributed by atoms with Crippen LogP contribution >= 0.6 is 0 Å². The number of rotatable bonds is 13. The van der Waals surface area contributed by atoms with Gasteiger partial charge in [0.2, 0.25) is 23.4 Å². The van der Waals surface area contributed by atoms with Gasteiger partial charge in [-0.3, -0.25) is 34.7 Å². The smallest absolute Gasteiger partial charge is 0.414 e. The van der Waals surface area contributed by atoms with Crippen LogP contribution in [-0.4, -0.2) is 71.6 Å². The number of hydrogen-bond acceptors (Lipinski definition) is 16. The molecule has 4 aromatic rings. The lowest BCUT2D eigenvalue weighted by Crippen LogP contribution is -2.32. The van der Waals surface area contributed by atoms with Crippen molar-refractivity contribution < 1.29 is 52.6 Å². The molecule has 4 N–H and O–H groups in total. The van der Waals surface area contributed by atoms with E-state index in [1.165, 1.54) is 18.2 Å². The predicted molar refractivity (Wildman–Crippen MR) is 224 cm³/mol. The fourth-order valence-electron chi connectivity index (χ4n) is 5.42. The third-order valence-corrected chi connectivity index (χ3v) is 7.91. The Balaban J connectivity index is 0.000000321. The minimum Gasteiger partial charge on any atom is -0.490 e. The molecule has 0 saturated carbocycles. The number of carbonyl (C=O) groups is 2. The first-order valence-corrected chi connectivity index (χ1v) is 18.2. The summed E-state index contributed by atoms with van der Waals surface area (Å²) < 4.78 is 32.3. The molecule has 2 aromatic carbocycles. The van der Waals surface area contributed by atoms with E-state index in [1.807, 2.05) is 0 Å². The average Bonchev–Trinajstić information content (AvgIpc) is 3.21. The van der Waals surface area contributed by atoms with Crippen molar-refractivity contribution in [1.82, 2.24) is 9.97 Å². The van der Waals surface area contributed by atoms with Gasteiger partial charge in [0, 0.05) is 12.1 Å². The lowest BCUT2D eigenvalue weighted by Gasteiger charge is -2.23. The van der Waals surface area contributed by atoms with E-state index in [0.717, 1.165) is 9.80 Å². The van der Waals surface area contributed by atoms with Crippen LogP contribution in [0, 0.1) is 20.2 Å². The molecule has 0 spiro atoms. The summed E-state index contributed by atoms with van der Waals surface area (Å²) in [5.74, 6) is 0.464. The number of nitrogens with two attached hydrogens (primary N) is 2. The maximum Gasteiger partial charge on any atom is 0.414 e. The summed E-state index contributed by atoms with van der Waals surface area (Å²) in [5, 5.41) is 23.3. The Bertz CT molecular complexity index is 2220. The fourth-order valence-corrected chi connectivity index (χ4v) is 5.42. The van der Waals surface area contributed by atoms with Crippen molar-refractivity contribution in [2.45, 2.75) is 26.9 Å². The molecule has 0 atom stereocenters. The minimum atomic E-state index is -0.789. The fraction of sp³-hybridized carbons (Fsp3) is 0.250. The molecule has 5 rings (SSSR count). The number of nitrogen functional groups attached to an aromatic ring is 2. The highest BCUT2D eigenvalue weighted by Gasteiger charge is 2.32. The number of ether oxygens (including phenoxy) is 6. The molecule has 3 heterocycles. The Morgan fingerprint density at radius 2 is 1.52 bits per heavy atom. The zero-order valence-corrected chi connectivity index (χ0v) is 33.3. The molecular formula is C40H45FN8O12. The third kappa shape index (κ3) is 13.3. The average molecular weight is 849 g/mol. The van der Waals surface area contributed by atoms with Gasteiger partial charge >= 0.3 is 23.6 Å². The van der Waals surface area contributed by atoms with Crippen LogP contribution in [0.5, 0.6) is 23.3 Å². The SMILES string of the molecule is C=CCOc1cccc(CN(C(=O)OCC)c2cc(OCC=C)nc(N)c2[N+](=O)[O-])c1.CCOC(=O)N1Cc2cccc(c2)OC/C=C/COc2cc1c([N+](=O)[O-])c(N)n2.F. The topological polar surface area (TPSA) is 260 Å². The van der Waals surface area contributed by atoms with E-state index in [2.05, 4.69) is 23.1 Å². The van der Waals surface area contributed by atoms with E-state index >= 15 is 0 Å². The van der Waals surface area contributed by atoms with Crippen molar-refractivity contribution in [3.8, 4) is 23.3 Å². The van der Waals surface area contributed by atoms with Crippen LogP contribution in [0.1, 0.15) is 25.0 Å². The molecular weight excluding hydrogens is 803 g/mol. The van der Waals surface area contributed by atoms with E-state index in [4.69, 9.17) is 39.9 Å². The van der Waals surface area contributed by atoms with Gasteiger partial charge in [0.05, 0.1) is 36.1 Å². The van der Waals surface area contributed by atoms with Crippen LogP contribution in [-0.2, 0) is 22.6 Å². The molecule has 0 aliphatic carbocycles. The molecule has 0 fully saturated rings. The van der Waals surface area contributed by atoms with Crippen LogP contribution < -0.4 is 40.2 Å². The second-order valence-corrected chi connectivity index (χ2v) is 12.1. The first kappa shape index (κ1) is 47.4. The maximum absolute atomic E-state index is 12.7. The summed E-state index contributed by atoms with van der Waals surface area (Å²) in [7, 11) is 0. The second kappa shape index (κ2) is 23.4. The highest BCUT2D eigenvalue weighted by Crippen LogP contribution is 2.38. The van der Waals surface area contributed by atoms with Crippen molar-refractivity contribution in [1.29, 1.82) is 0 Å². The quantitative estimate of drug-likeness (QED) is 0.0773. The van der Waals surface area contributed by atoms with Gasteiger partial charge in [-0.15, -0.1) is 0 Å². The van der Waals surface area contributed by atoms with Crippen LogP contribution in [0.4, 0.5) is 48.7 Å². The van der Waals surface area contributed by atoms with E-state index < -0.39 is 33.4 Å². The molecule has 0 unspecified atom stereocenters. The molecule has 1 aliphatic heterocycles. The first-order valence-electron chi connectivity index (χ1n) is 18.2. The monoisotopic (exact) mass is 848 g/mol. The van der Waals surface area contributed by atoms with Gasteiger partial charge in [-0.2, -0.15) is 9.97 Å². The Kier molecular flexibility index (Phi) is 18.2. The number of aromatic nitrogens is 2. The number of anilines is 4. The van der Waals surface area contributed by atoms with Gasteiger partial charge < -0.3 is 39.9 Å². The molecule has 61 heavy (non-hydrogen) atoms. The zero-order chi connectivity index (χ0) is 43.6. The van der Waals surface area contributed by atoms with Crippen molar-refractivity contribution in [3.63, 3.8) is 0 Å². The molecule has 324 valence electrons. The Hall–Kier alpha value is -7.97. The van der Waals surface area contributed by atoms with Gasteiger partial charge in [0.25, 0.3) is 0 Å². The number of hydrogen-bond donors (Lipinski definition) is 2. The van der Waals surface area contributed by atoms with Crippen molar-refractivity contribution in [2.24, 2.45) is 0 Å². The molecule has 21 heteroatoms. The molecule has 20 nitrogen and oxygen atoms in total. The summed E-state index contributed by atoms with van der Waals surface area (Å²) in [6, 6.07) is 16.6. The van der Waals surface area contributed by atoms with Crippen molar-refractivity contribution in [3.05, 3.63) is 129 Å². The van der Waals surface area contributed by atoms with Crippen LogP contribution in [0.2, 0.25) is 0 Å². The van der Waals surface area contributed by atoms with Crippen LogP contribution in [0.15, 0.2) is 98.1 Å². The van der Waals surface area contributed by atoms with E-state index in [1.54, 1.807) is 80.6 Å². The summed E-state index contributed by atoms with van der Waals surface area (Å²) in [4.78, 5) is 57.4. The molecule has 0 radical (unpaired) electrons. The van der Waals surface area contributed by atoms with Gasteiger partial charge in [-0.25, -0.2) is 9.59 Å². The first-order chi connectivity index (χ1) is 28.9. The molecule has 4 bridgehead atoms. The minimum absolute atomic E-state index is 0. The van der Waals surface area contributed by atoms with Crippen molar-refractivity contribution in [2.75, 3.05) is 60.9 Å². The number of amides is 2. The lowest BCUT2D eigenvalue weighted by molar-refractivity contribution is -0.383. The van der Waals surface area contributed by atoms with Crippen LogP contribution in [0.25, 0.3) is 0 Å². The maximum atomic E-state index is 12.7. The van der Waals surface area contributed by atoms with E-state index in [-0.39, 0.29) is 79.0 Å². The van der Waals surface area contributed by atoms with Gasteiger partial charge in [0.15, 0.2) is 0 Å². The number of fused-ring (bicyclic) bond motifs is 4. The summed E-state index contributed by atoms with van der Waals surface area (Å²) >= 11 is 0. The number of nitro groups is 2. The predicted octanol–water partition coefficient (Wildman–Crippen LogP) is 7.08. The largest absolute Gasteiger partial charge is 0.490 e. The number of halogens is 1. The zero-order valence-electron chi connectivity index (χ0n) is 33.3. The van der Waals surface area contributed by atoms with Crippen LogP contribution in [0.3, 0.4) is 0 Å². The number of pyridine rings is 2. The highest BCUT2D eigenvalue weighted by molar-refractivity contribution is 5.93. The van der Waals surface area contributed by atoms with Gasteiger partial charge in [-0.05, 0) is 61.4 Å². The summed E-state index contributed by atoms with van der Waals surface area (Å²) in [6.07, 6.45) is 5.03. The van der Waals surface area contributed by atoms with E-state index in [0.29, 0.717) is 35.8 Å². The second-order valence-electron chi connectivity index (χ2n) is 12.1. The Morgan fingerprint density at radius 3 is 2.20 bits per heavy atom. The number of nitrogens with zero attached hydrogens (tertiary/aromatic N) is 6. The number of benzene rings is 2. The lowest BCUT2D eigenvalue weighted by atomic mass is 10.2. The van der Waals surface area contributed by atoms with E-state index in [9.17, 15) is 29.8 Å². The number of carbonyl (C=O) groups excluding carboxylic acids is 2. The third-order valence-electron chi connectivity index (χ3n) is 7.91. The highest BCUT2D eigenvalue weighted by atomic mass is 19.0. The molecule has 0 saturated heterocycles. The molecule has 1 aliphatic rings. The Morgan fingerprint density at radius 1 is 0.869 bits per heavy atom. The Labute approximate surface area is 349 Å². The van der Waals surface area contributed by atoms with Crippen molar-refractivity contribution >= 4 is 46.6 Å². The van der Waals surface area contributed by atoms with Gasteiger partial charge in [-0.1, -0.05) is 49.6 Å². The normalized spacial score (nSPS) is 12.1. The molecule has 2 aromatic heterocycles. The van der Waals surface area contributed by atoms with Gasteiger partial charge in [0.1, 0.15) is 49.3 Å². The standard InChI is InChI=1S/C21H24N4O6.C19H20N4O6.FH/c1-4-10-30-16-9-7-8-15(12-16)14-24(21(26)29-6-3)17-13-18(31-11-5-2)23-20(22)19(17)25(27)28;1-2-27-19(24)22-12-13-6-5-7-14(10-13)28-8-3-4-9-29-16-11-15(22)17(23(25)26)18(20)21-16;/h4-5,7-9,12-13H,1-2,6,10-11,14H2,3H3,(H2,22,23);3-7,10-11H,2,8-9,12H2,1H3,(H2,20,21);1H/b;4-3+;. The summed E-state index contributed by atoms with van der Waals surface area (Å²) in [6.45, 7) is 11.4. The molecule has 2 amide bonds. The summed E-state index contributed by atoms with van der Waals surface area (Å²) in [5.41, 5.74) is 11.8.